The number of halogens is 1. The average molecular weight is 196 g/mol. The van der Waals surface area contributed by atoms with Gasteiger partial charge in [-0.1, -0.05) is 11.6 Å². The van der Waals surface area contributed by atoms with Gasteiger partial charge < -0.3 is 10.2 Å². The smallest absolute Gasteiger partial charge is 0.182 e. The van der Waals surface area contributed by atoms with Crippen molar-refractivity contribution in [1.82, 2.24) is 4.98 Å². The normalized spacial score (nSPS) is 10.5. The van der Waals surface area contributed by atoms with E-state index in [9.17, 15) is 0 Å². The van der Waals surface area contributed by atoms with Crippen LogP contribution in [0.25, 0.3) is 11.1 Å². The Morgan fingerprint density at radius 1 is 1.54 bits per heavy atom. The first kappa shape index (κ1) is 8.07. The first-order valence-corrected chi connectivity index (χ1v) is 3.93. The van der Waals surface area contributed by atoms with Gasteiger partial charge in [-0.25, -0.2) is 4.98 Å². The Morgan fingerprint density at radius 2 is 2.31 bits per heavy atom. The Balaban J connectivity index is 2.77. The van der Waals surface area contributed by atoms with Crippen molar-refractivity contribution in [2.45, 2.75) is 0 Å². The Morgan fingerprint density at radius 3 is 3.00 bits per heavy atom. The van der Waals surface area contributed by atoms with Crippen molar-refractivity contribution in [2.75, 3.05) is 0 Å². The first-order chi connectivity index (χ1) is 6.18. The summed E-state index contributed by atoms with van der Waals surface area (Å²) in [6.07, 6.45) is 1.31. The van der Waals surface area contributed by atoms with Gasteiger partial charge in [0.2, 0.25) is 0 Å². The summed E-state index contributed by atoms with van der Waals surface area (Å²) in [6, 6.07) is 3.24. The van der Waals surface area contributed by atoms with Crippen LogP contribution in [0.3, 0.4) is 0 Å². The van der Waals surface area contributed by atoms with E-state index in [0.29, 0.717) is 21.7 Å². The number of hydrogen-bond donors (Lipinski definition) is 2. The van der Waals surface area contributed by atoms with E-state index in [2.05, 4.69) is 4.98 Å². The Labute approximate surface area is 78.8 Å². The van der Waals surface area contributed by atoms with Gasteiger partial charge in [0, 0.05) is 5.56 Å². The number of oxazole rings is 1. The predicted octanol–water partition coefficient (Wildman–Crippen LogP) is 1.77. The van der Waals surface area contributed by atoms with Crippen LogP contribution in [0.1, 0.15) is 5.56 Å². The molecule has 0 radical (unpaired) electrons. The highest BCUT2D eigenvalue weighted by Crippen LogP contribution is 2.24. The van der Waals surface area contributed by atoms with Gasteiger partial charge in [-0.2, -0.15) is 0 Å². The lowest BCUT2D eigenvalue weighted by atomic mass is 10.2. The zero-order chi connectivity index (χ0) is 9.42. The number of hydrogen-bond acceptors (Lipinski definition) is 3. The minimum absolute atomic E-state index is 0.0354. The van der Waals surface area contributed by atoms with Crippen LogP contribution >= 0.6 is 11.6 Å². The third kappa shape index (κ3) is 1.25. The molecule has 0 aliphatic heterocycles. The van der Waals surface area contributed by atoms with E-state index >= 15 is 0 Å². The first-order valence-electron chi connectivity index (χ1n) is 3.55. The maximum absolute atomic E-state index is 7.22. The van der Waals surface area contributed by atoms with E-state index in [-0.39, 0.29) is 5.84 Å². The zero-order valence-corrected chi connectivity index (χ0v) is 7.30. The molecule has 0 fully saturated rings. The molecule has 3 N–H and O–H groups in total. The van der Waals surface area contributed by atoms with Crippen molar-refractivity contribution >= 4 is 28.5 Å². The summed E-state index contributed by atoms with van der Waals surface area (Å²) in [5.41, 5.74) is 6.99. The summed E-state index contributed by atoms with van der Waals surface area (Å²) in [5.74, 6) is -0.0354. The van der Waals surface area contributed by atoms with Gasteiger partial charge in [-0.15, -0.1) is 0 Å². The van der Waals surface area contributed by atoms with Crippen LogP contribution in [0, 0.1) is 5.41 Å². The van der Waals surface area contributed by atoms with Crippen molar-refractivity contribution in [3.05, 3.63) is 29.1 Å². The lowest BCUT2D eigenvalue weighted by Gasteiger charge is -1.98. The summed E-state index contributed by atoms with van der Waals surface area (Å²) in [7, 11) is 0. The van der Waals surface area contributed by atoms with E-state index in [1.54, 1.807) is 12.1 Å². The molecule has 66 valence electrons. The van der Waals surface area contributed by atoms with Gasteiger partial charge in [0.1, 0.15) is 11.4 Å². The highest BCUT2D eigenvalue weighted by atomic mass is 35.5. The largest absolute Gasteiger partial charge is 0.442 e. The molecule has 0 unspecified atom stereocenters. The van der Waals surface area contributed by atoms with E-state index in [1.807, 2.05) is 0 Å². The van der Waals surface area contributed by atoms with Crippen LogP contribution in [-0.4, -0.2) is 10.8 Å². The Bertz CT molecular complexity index is 477. The number of aromatic nitrogens is 1. The second kappa shape index (κ2) is 2.74. The fourth-order valence-corrected chi connectivity index (χ4v) is 1.34. The van der Waals surface area contributed by atoms with Crippen molar-refractivity contribution in [3.63, 3.8) is 0 Å². The molecule has 2 aromatic rings. The topological polar surface area (TPSA) is 75.9 Å². The fourth-order valence-electron chi connectivity index (χ4n) is 1.08. The third-order valence-corrected chi connectivity index (χ3v) is 1.98. The monoisotopic (exact) mass is 195 g/mol. The van der Waals surface area contributed by atoms with Gasteiger partial charge in [0.25, 0.3) is 0 Å². The summed E-state index contributed by atoms with van der Waals surface area (Å²) in [6.45, 7) is 0. The molecule has 0 aliphatic carbocycles. The number of rotatable bonds is 1. The van der Waals surface area contributed by atoms with Crippen LogP contribution < -0.4 is 5.73 Å². The summed E-state index contributed by atoms with van der Waals surface area (Å²) >= 11 is 5.86. The number of nitrogens with two attached hydrogens (primary N) is 1. The second-order valence-electron chi connectivity index (χ2n) is 2.57. The molecular formula is C8H6ClN3O. The molecule has 2 rings (SSSR count). The average Bonchev–Trinajstić information content (AvgIpc) is 2.51. The predicted molar refractivity (Wildman–Crippen MR) is 50.0 cm³/mol. The van der Waals surface area contributed by atoms with Crippen molar-refractivity contribution in [2.24, 2.45) is 5.73 Å². The van der Waals surface area contributed by atoms with Crippen LogP contribution in [0.2, 0.25) is 5.02 Å². The van der Waals surface area contributed by atoms with Crippen molar-refractivity contribution in [3.8, 4) is 0 Å². The maximum atomic E-state index is 7.22. The minimum Gasteiger partial charge on any atom is -0.442 e. The van der Waals surface area contributed by atoms with Gasteiger partial charge in [-0.05, 0) is 12.1 Å². The molecule has 0 aliphatic rings. The van der Waals surface area contributed by atoms with Crippen molar-refractivity contribution < 1.29 is 4.42 Å². The van der Waals surface area contributed by atoms with E-state index in [0.717, 1.165) is 0 Å². The maximum Gasteiger partial charge on any atom is 0.182 e. The van der Waals surface area contributed by atoms with Crippen molar-refractivity contribution in [1.29, 1.82) is 5.41 Å². The fraction of sp³-hybridized carbons (Fsp3) is 0. The number of nitrogens with zero attached hydrogens (tertiary/aromatic N) is 1. The number of amidine groups is 1. The molecule has 0 amide bonds. The SMILES string of the molecule is N=C(N)c1cc(Cl)c2ocnc2c1. The van der Waals surface area contributed by atoms with Crippen LogP contribution in [0.5, 0.6) is 0 Å². The number of nitrogens with one attached hydrogen (secondary N) is 1. The van der Waals surface area contributed by atoms with E-state index < -0.39 is 0 Å². The molecule has 0 atom stereocenters. The molecule has 13 heavy (non-hydrogen) atoms. The molecule has 4 nitrogen and oxygen atoms in total. The number of nitrogen functional groups attached to an aromatic ring is 1. The standard InChI is InChI=1S/C8H6ClN3O/c9-5-1-4(8(10)11)2-6-7(5)13-3-12-6/h1-3H,(H3,10,11). The van der Waals surface area contributed by atoms with E-state index in [1.165, 1.54) is 6.39 Å². The third-order valence-electron chi connectivity index (χ3n) is 1.70. The molecular weight excluding hydrogens is 190 g/mol. The second-order valence-corrected chi connectivity index (χ2v) is 2.98. The van der Waals surface area contributed by atoms with Crippen LogP contribution in [0.4, 0.5) is 0 Å². The molecule has 1 heterocycles. The number of fused-ring (bicyclic) bond motifs is 1. The lowest BCUT2D eigenvalue weighted by molar-refractivity contribution is 0.602. The quantitative estimate of drug-likeness (QED) is 0.538. The van der Waals surface area contributed by atoms with Gasteiger partial charge >= 0.3 is 0 Å². The van der Waals surface area contributed by atoms with Gasteiger partial charge in [-0.3, -0.25) is 5.41 Å². The minimum atomic E-state index is -0.0354. The molecule has 1 aromatic carbocycles. The summed E-state index contributed by atoms with van der Waals surface area (Å²) in [5, 5.41) is 7.64. The molecule has 0 bridgehead atoms. The highest BCUT2D eigenvalue weighted by molar-refractivity contribution is 6.35. The van der Waals surface area contributed by atoms with Crippen LogP contribution in [-0.2, 0) is 0 Å². The van der Waals surface area contributed by atoms with E-state index in [4.69, 9.17) is 27.2 Å². The lowest BCUT2D eigenvalue weighted by Crippen LogP contribution is -2.10. The molecule has 1 aromatic heterocycles. The molecule has 5 heteroatoms. The van der Waals surface area contributed by atoms with Crippen LogP contribution in [0.15, 0.2) is 22.9 Å². The summed E-state index contributed by atoms with van der Waals surface area (Å²) in [4.78, 5) is 3.92. The summed E-state index contributed by atoms with van der Waals surface area (Å²) < 4.78 is 5.03. The molecule has 0 saturated carbocycles. The molecule has 0 spiro atoms. The Hall–Kier alpha value is -1.55. The zero-order valence-electron chi connectivity index (χ0n) is 6.54. The Kier molecular flexibility index (Phi) is 1.70. The molecule has 0 saturated heterocycles. The van der Waals surface area contributed by atoms with Gasteiger partial charge in [0.15, 0.2) is 12.0 Å². The van der Waals surface area contributed by atoms with Gasteiger partial charge in [0.05, 0.1) is 5.02 Å². The highest BCUT2D eigenvalue weighted by Gasteiger charge is 2.07. The number of benzene rings is 1.